The molecule has 2 rings (SSSR count). The van der Waals surface area contributed by atoms with Gasteiger partial charge in [0.2, 0.25) is 0 Å². The molecule has 0 atom stereocenters. The maximum absolute atomic E-state index is 11.9. The van der Waals surface area contributed by atoms with E-state index in [1.165, 1.54) is 0 Å². The van der Waals surface area contributed by atoms with Gasteiger partial charge < -0.3 is 10.1 Å². The second kappa shape index (κ2) is 4.78. The number of hydrogen-bond acceptors (Lipinski definition) is 2. The number of aromatic carboxylic acids is 1. The summed E-state index contributed by atoms with van der Waals surface area (Å²) in [7, 11) is 0. The lowest BCUT2D eigenvalue weighted by molar-refractivity contribution is 0.0694. The highest BCUT2D eigenvalue weighted by molar-refractivity contribution is 5.96. The van der Waals surface area contributed by atoms with Crippen molar-refractivity contribution in [3.8, 4) is 0 Å². The molecule has 0 aliphatic heterocycles. The molecule has 0 unspecified atom stereocenters. The highest BCUT2D eigenvalue weighted by Crippen LogP contribution is 2.27. The van der Waals surface area contributed by atoms with Crippen LogP contribution in [0.2, 0.25) is 0 Å². The Labute approximate surface area is 117 Å². The monoisotopic (exact) mass is 273 g/mol. The van der Waals surface area contributed by atoms with Crippen molar-refractivity contribution in [1.82, 2.24) is 4.98 Å². The van der Waals surface area contributed by atoms with E-state index in [9.17, 15) is 14.7 Å². The van der Waals surface area contributed by atoms with Gasteiger partial charge in [0, 0.05) is 10.9 Å². The molecule has 0 radical (unpaired) electrons. The molecule has 1 heterocycles. The topological polar surface area (TPSA) is 70.2 Å². The van der Waals surface area contributed by atoms with Crippen molar-refractivity contribution in [2.24, 2.45) is 0 Å². The molecule has 106 valence electrons. The first-order valence-corrected chi connectivity index (χ1v) is 6.68. The van der Waals surface area contributed by atoms with Crippen LogP contribution in [0.3, 0.4) is 0 Å². The van der Waals surface area contributed by atoms with Gasteiger partial charge in [-0.15, -0.1) is 0 Å². The molecule has 1 aromatic carbocycles. The number of pyridine rings is 1. The molecule has 2 N–H and O–H groups in total. The van der Waals surface area contributed by atoms with Crippen molar-refractivity contribution in [3.05, 3.63) is 45.2 Å². The van der Waals surface area contributed by atoms with E-state index in [4.69, 9.17) is 0 Å². The first-order valence-electron chi connectivity index (χ1n) is 6.68. The van der Waals surface area contributed by atoms with Crippen molar-refractivity contribution < 1.29 is 9.90 Å². The Kier molecular flexibility index (Phi) is 3.42. The summed E-state index contributed by atoms with van der Waals surface area (Å²) in [6.07, 6.45) is 0.510. The molecule has 0 aliphatic rings. The van der Waals surface area contributed by atoms with Crippen LogP contribution in [0.5, 0.6) is 0 Å². The highest BCUT2D eigenvalue weighted by Gasteiger charge is 2.19. The summed E-state index contributed by atoms with van der Waals surface area (Å²) in [6, 6.07) is 5.80. The molecular weight excluding hydrogens is 254 g/mol. The summed E-state index contributed by atoms with van der Waals surface area (Å²) >= 11 is 0. The minimum Gasteiger partial charge on any atom is -0.477 e. The number of nitrogens with one attached hydrogen (secondary N) is 1. The lowest BCUT2D eigenvalue weighted by Crippen LogP contribution is -2.21. The predicted molar refractivity (Wildman–Crippen MR) is 79.6 cm³/mol. The van der Waals surface area contributed by atoms with Crippen molar-refractivity contribution in [2.75, 3.05) is 0 Å². The first-order chi connectivity index (χ1) is 9.25. The molecule has 4 heteroatoms. The summed E-state index contributed by atoms with van der Waals surface area (Å²) in [5.74, 6) is -1.17. The van der Waals surface area contributed by atoms with E-state index in [1.807, 2.05) is 25.1 Å². The zero-order chi connectivity index (χ0) is 15.1. The van der Waals surface area contributed by atoms with Crippen molar-refractivity contribution in [2.45, 2.75) is 39.5 Å². The number of aryl methyl sites for hydroxylation is 1. The summed E-state index contributed by atoms with van der Waals surface area (Å²) < 4.78 is 0. The molecule has 2 aromatic rings. The van der Waals surface area contributed by atoms with Crippen LogP contribution < -0.4 is 5.56 Å². The molecule has 0 fully saturated rings. The van der Waals surface area contributed by atoms with Gasteiger partial charge in [-0.05, 0) is 35.1 Å². The number of fused-ring (bicyclic) bond motifs is 1. The quantitative estimate of drug-likeness (QED) is 0.883. The van der Waals surface area contributed by atoms with E-state index in [-0.39, 0.29) is 11.0 Å². The van der Waals surface area contributed by atoms with Gasteiger partial charge in [-0.25, -0.2) is 4.79 Å². The Morgan fingerprint density at radius 1 is 1.30 bits per heavy atom. The van der Waals surface area contributed by atoms with E-state index < -0.39 is 11.5 Å². The summed E-state index contributed by atoms with van der Waals surface area (Å²) in [5.41, 5.74) is 1.69. The van der Waals surface area contributed by atoms with E-state index in [0.717, 1.165) is 10.9 Å². The highest BCUT2D eigenvalue weighted by atomic mass is 16.4. The standard InChI is InChI=1S/C16H19NO3/c1-5-10-11-8-9(16(2,3)4)6-7-12(11)17-14(18)13(10)15(19)20/h6-8H,5H2,1-4H3,(H,17,18)(H,19,20). The number of benzene rings is 1. The number of hydrogen-bond donors (Lipinski definition) is 2. The minimum atomic E-state index is -1.17. The summed E-state index contributed by atoms with van der Waals surface area (Å²) in [4.78, 5) is 25.9. The molecule has 0 saturated heterocycles. The molecule has 0 aliphatic carbocycles. The van der Waals surface area contributed by atoms with E-state index >= 15 is 0 Å². The summed E-state index contributed by atoms with van der Waals surface area (Å²) in [6.45, 7) is 8.17. The third-order valence-corrected chi connectivity index (χ3v) is 3.56. The third kappa shape index (κ3) is 2.33. The number of H-pyrrole nitrogens is 1. The molecule has 20 heavy (non-hydrogen) atoms. The second-order valence-electron chi connectivity index (χ2n) is 5.98. The van der Waals surface area contributed by atoms with Crippen LogP contribution in [-0.4, -0.2) is 16.1 Å². The van der Waals surface area contributed by atoms with Crippen LogP contribution in [0.15, 0.2) is 23.0 Å². The normalized spacial score (nSPS) is 11.8. The SMILES string of the molecule is CCc1c(C(=O)O)c(=O)[nH]c2ccc(C(C)(C)C)cc12. The molecule has 1 aromatic heterocycles. The van der Waals surface area contributed by atoms with Gasteiger partial charge >= 0.3 is 5.97 Å². The maximum atomic E-state index is 11.9. The molecule has 0 bridgehead atoms. The Morgan fingerprint density at radius 2 is 1.95 bits per heavy atom. The average Bonchev–Trinajstić information content (AvgIpc) is 2.34. The number of aromatic nitrogens is 1. The third-order valence-electron chi connectivity index (χ3n) is 3.56. The van der Waals surface area contributed by atoms with Crippen LogP contribution in [0.1, 0.15) is 49.2 Å². The van der Waals surface area contributed by atoms with Crippen LogP contribution >= 0.6 is 0 Å². The van der Waals surface area contributed by atoms with E-state index in [1.54, 1.807) is 0 Å². The zero-order valence-electron chi connectivity index (χ0n) is 12.2. The van der Waals surface area contributed by atoms with Crippen LogP contribution in [0.25, 0.3) is 10.9 Å². The van der Waals surface area contributed by atoms with Crippen molar-refractivity contribution >= 4 is 16.9 Å². The van der Waals surface area contributed by atoms with Gasteiger partial charge in [0.15, 0.2) is 0 Å². The van der Waals surface area contributed by atoms with Crippen molar-refractivity contribution in [1.29, 1.82) is 0 Å². The lowest BCUT2D eigenvalue weighted by atomic mass is 9.85. The van der Waals surface area contributed by atoms with Crippen LogP contribution in [0.4, 0.5) is 0 Å². The van der Waals surface area contributed by atoms with Gasteiger partial charge in [0.1, 0.15) is 5.56 Å². The molecule has 0 spiro atoms. The maximum Gasteiger partial charge on any atom is 0.341 e. The van der Waals surface area contributed by atoms with Gasteiger partial charge in [0.05, 0.1) is 0 Å². The van der Waals surface area contributed by atoms with E-state index in [0.29, 0.717) is 17.5 Å². The largest absolute Gasteiger partial charge is 0.477 e. The Bertz CT molecular complexity index is 736. The Hall–Kier alpha value is -2.10. The van der Waals surface area contributed by atoms with Gasteiger partial charge in [-0.2, -0.15) is 0 Å². The fourth-order valence-electron chi connectivity index (χ4n) is 2.42. The molecule has 0 saturated carbocycles. The van der Waals surface area contributed by atoms with Gasteiger partial charge in [-0.3, -0.25) is 4.79 Å². The smallest absolute Gasteiger partial charge is 0.341 e. The molecular formula is C16H19NO3. The van der Waals surface area contributed by atoms with Crippen molar-refractivity contribution in [3.63, 3.8) is 0 Å². The number of carboxylic acid groups (broad SMARTS) is 1. The summed E-state index contributed by atoms with van der Waals surface area (Å²) in [5, 5.41) is 10.1. The fraction of sp³-hybridized carbons (Fsp3) is 0.375. The minimum absolute atomic E-state index is 0.0290. The van der Waals surface area contributed by atoms with Crippen LogP contribution in [-0.2, 0) is 11.8 Å². The number of rotatable bonds is 2. The van der Waals surface area contributed by atoms with Gasteiger partial charge in [-0.1, -0.05) is 33.8 Å². The number of carbonyl (C=O) groups is 1. The first kappa shape index (κ1) is 14.3. The average molecular weight is 273 g/mol. The molecule has 4 nitrogen and oxygen atoms in total. The van der Waals surface area contributed by atoms with Gasteiger partial charge in [0.25, 0.3) is 5.56 Å². The molecule has 0 amide bonds. The van der Waals surface area contributed by atoms with E-state index in [2.05, 4.69) is 25.8 Å². The number of carboxylic acids is 1. The predicted octanol–water partition coefficient (Wildman–Crippen LogP) is 3.09. The lowest BCUT2D eigenvalue weighted by Gasteiger charge is -2.20. The fourth-order valence-corrected chi connectivity index (χ4v) is 2.42. The second-order valence-corrected chi connectivity index (χ2v) is 5.98. The Balaban J connectivity index is 2.90. The Morgan fingerprint density at radius 3 is 2.45 bits per heavy atom. The number of aromatic amines is 1. The van der Waals surface area contributed by atoms with Crippen LogP contribution in [0, 0.1) is 0 Å². The zero-order valence-corrected chi connectivity index (χ0v) is 12.2.